The zero-order valence-electron chi connectivity index (χ0n) is 12.6. The van der Waals surface area contributed by atoms with Gasteiger partial charge in [0.25, 0.3) is 0 Å². The quantitative estimate of drug-likeness (QED) is 0.862. The van der Waals surface area contributed by atoms with Gasteiger partial charge in [0.15, 0.2) is 0 Å². The zero-order valence-corrected chi connectivity index (χ0v) is 12.6. The van der Waals surface area contributed by atoms with Gasteiger partial charge in [0.2, 0.25) is 0 Å². The highest BCUT2D eigenvalue weighted by Gasteiger charge is 2.19. The van der Waals surface area contributed by atoms with Crippen LogP contribution in [0.15, 0.2) is 18.2 Å². The number of hydrogen-bond donors (Lipinski definition) is 1. The molecule has 0 aromatic heterocycles. The molecule has 1 unspecified atom stereocenters. The van der Waals surface area contributed by atoms with E-state index in [4.69, 9.17) is 10.5 Å². The van der Waals surface area contributed by atoms with Crippen LogP contribution in [0.4, 0.5) is 4.39 Å². The number of halogens is 1. The average molecular weight is 290 g/mol. The lowest BCUT2D eigenvalue weighted by atomic mass is 9.98. The molecule has 0 spiro atoms. The molecule has 1 aliphatic rings. The van der Waals surface area contributed by atoms with E-state index in [1.807, 2.05) is 12.1 Å². The molecule has 1 heterocycles. The SMILES string of the molecule is COCC1CCCN(Cc2ccc(F)c(C#CCN)c2)C1. The molecule has 1 aliphatic heterocycles. The molecule has 1 aromatic rings. The summed E-state index contributed by atoms with van der Waals surface area (Å²) in [5.41, 5.74) is 6.87. The topological polar surface area (TPSA) is 38.5 Å². The molecule has 0 aliphatic carbocycles. The molecule has 3 nitrogen and oxygen atoms in total. The van der Waals surface area contributed by atoms with Crippen molar-refractivity contribution >= 4 is 0 Å². The summed E-state index contributed by atoms with van der Waals surface area (Å²) in [7, 11) is 1.75. The van der Waals surface area contributed by atoms with E-state index in [0.29, 0.717) is 11.5 Å². The minimum atomic E-state index is -0.282. The maximum absolute atomic E-state index is 13.7. The van der Waals surface area contributed by atoms with Gasteiger partial charge < -0.3 is 10.5 Å². The first-order valence-electron chi connectivity index (χ1n) is 7.41. The van der Waals surface area contributed by atoms with E-state index >= 15 is 0 Å². The second kappa shape index (κ2) is 8.14. The Balaban J connectivity index is 2.02. The van der Waals surface area contributed by atoms with Gasteiger partial charge in [-0.2, -0.15) is 0 Å². The molecule has 4 heteroatoms. The summed E-state index contributed by atoms with van der Waals surface area (Å²) in [5.74, 6) is 5.81. The van der Waals surface area contributed by atoms with E-state index in [-0.39, 0.29) is 12.4 Å². The third-order valence-electron chi connectivity index (χ3n) is 3.77. The molecule has 2 rings (SSSR count). The molecule has 0 bridgehead atoms. The van der Waals surface area contributed by atoms with Crippen LogP contribution in [0.25, 0.3) is 0 Å². The lowest BCUT2D eigenvalue weighted by molar-refractivity contribution is 0.0873. The highest BCUT2D eigenvalue weighted by Crippen LogP contribution is 2.19. The van der Waals surface area contributed by atoms with Crippen LogP contribution in [-0.4, -0.2) is 38.3 Å². The maximum Gasteiger partial charge on any atom is 0.138 e. The first-order chi connectivity index (χ1) is 10.2. The first kappa shape index (κ1) is 16.0. The Morgan fingerprint density at radius 2 is 2.33 bits per heavy atom. The third-order valence-corrected chi connectivity index (χ3v) is 3.77. The van der Waals surface area contributed by atoms with Crippen LogP contribution in [0.3, 0.4) is 0 Å². The second-order valence-electron chi connectivity index (χ2n) is 5.52. The summed E-state index contributed by atoms with van der Waals surface area (Å²) in [6.45, 7) is 4.01. The zero-order chi connectivity index (χ0) is 15.1. The summed E-state index contributed by atoms with van der Waals surface area (Å²) in [5, 5.41) is 0. The van der Waals surface area contributed by atoms with Crippen molar-refractivity contribution in [1.82, 2.24) is 4.90 Å². The van der Waals surface area contributed by atoms with Crippen molar-refractivity contribution in [2.75, 3.05) is 33.4 Å². The largest absolute Gasteiger partial charge is 0.384 e. The van der Waals surface area contributed by atoms with Crippen LogP contribution in [-0.2, 0) is 11.3 Å². The van der Waals surface area contributed by atoms with Crippen molar-refractivity contribution < 1.29 is 9.13 Å². The predicted octanol–water partition coefficient (Wildman–Crippen LogP) is 1.99. The van der Waals surface area contributed by atoms with E-state index in [1.165, 1.54) is 18.9 Å². The fourth-order valence-electron chi connectivity index (χ4n) is 2.84. The molecular formula is C17H23FN2O. The van der Waals surface area contributed by atoms with Gasteiger partial charge in [-0.15, -0.1) is 0 Å². The predicted molar refractivity (Wildman–Crippen MR) is 82.2 cm³/mol. The summed E-state index contributed by atoms with van der Waals surface area (Å²) in [6, 6.07) is 5.16. The molecule has 0 saturated carbocycles. The normalized spacial score (nSPS) is 19.1. The molecule has 2 N–H and O–H groups in total. The summed E-state index contributed by atoms with van der Waals surface area (Å²) >= 11 is 0. The van der Waals surface area contributed by atoms with Crippen LogP contribution in [0.2, 0.25) is 0 Å². The Morgan fingerprint density at radius 1 is 1.48 bits per heavy atom. The highest BCUT2D eigenvalue weighted by atomic mass is 19.1. The van der Waals surface area contributed by atoms with Crippen LogP contribution in [0, 0.1) is 23.6 Å². The monoisotopic (exact) mass is 290 g/mol. The molecule has 1 fully saturated rings. The molecular weight excluding hydrogens is 267 g/mol. The number of nitrogens with two attached hydrogens (primary N) is 1. The molecule has 1 atom stereocenters. The second-order valence-corrected chi connectivity index (χ2v) is 5.52. The number of methoxy groups -OCH3 is 1. The van der Waals surface area contributed by atoms with Crippen LogP contribution in [0.5, 0.6) is 0 Å². The van der Waals surface area contributed by atoms with Gasteiger partial charge in [-0.3, -0.25) is 4.90 Å². The molecule has 0 radical (unpaired) electrons. The molecule has 21 heavy (non-hydrogen) atoms. The highest BCUT2D eigenvalue weighted by molar-refractivity contribution is 5.38. The lowest BCUT2D eigenvalue weighted by Crippen LogP contribution is -2.36. The van der Waals surface area contributed by atoms with Crippen LogP contribution in [0.1, 0.15) is 24.0 Å². The molecule has 114 valence electrons. The minimum absolute atomic E-state index is 0.245. The van der Waals surface area contributed by atoms with Crippen molar-refractivity contribution in [2.24, 2.45) is 11.7 Å². The number of benzene rings is 1. The first-order valence-corrected chi connectivity index (χ1v) is 7.41. The van der Waals surface area contributed by atoms with E-state index in [9.17, 15) is 4.39 Å². The Morgan fingerprint density at radius 3 is 3.10 bits per heavy atom. The number of piperidine rings is 1. The number of likely N-dealkylation sites (tertiary alicyclic amines) is 1. The number of nitrogens with zero attached hydrogens (tertiary/aromatic N) is 1. The van der Waals surface area contributed by atoms with Gasteiger partial charge >= 0.3 is 0 Å². The fraction of sp³-hybridized carbons (Fsp3) is 0.529. The van der Waals surface area contributed by atoms with Crippen molar-refractivity contribution in [3.63, 3.8) is 0 Å². The maximum atomic E-state index is 13.7. The summed E-state index contributed by atoms with van der Waals surface area (Å²) in [6.07, 6.45) is 2.41. The number of ether oxygens (including phenoxy) is 1. The molecule has 1 saturated heterocycles. The van der Waals surface area contributed by atoms with Gasteiger partial charge in [0.1, 0.15) is 5.82 Å². The molecule has 1 aromatic carbocycles. The standard InChI is InChI=1S/C17H23FN2O/c1-21-13-15-4-3-9-20(12-15)11-14-6-7-17(18)16(10-14)5-2-8-19/h6-7,10,15H,3-4,8-9,11-13,19H2,1H3. The number of hydrogen-bond acceptors (Lipinski definition) is 3. The lowest BCUT2D eigenvalue weighted by Gasteiger charge is -2.32. The van der Waals surface area contributed by atoms with Crippen molar-refractivity contribution in [3.05, 3.63) is 35.1 Å². The Hall–Kier alpha value is -1.41. The summed E-state index contributed by atoms with van der Waals surface area (Å²) in [4.78, 5) is 2.40. The summed E-state index contributed by atoms with van der Waals surface area (Å²) < 4.78 is 18.9. The van der Waals surface area contributed by atoms with E-state index in [2.05, 4.69) is 16.7 Å². The number of rotatable bonds is 4. The molecule has 0 amide bonds. The van der Waals surface area contributed by atoms with E-state index in [1.54, 1.807) is 7.11 Å². The van der Waals surface area contributed by atoms with Crippen molar-refractivity contribution in [3.8, 4) is 11.8 Å². The Bertz CT molecular complexity index is 519. The van der Waals surface area contributed by atoms with Gasteiger partial charge in [-0.25, -0.2) is 4.39 Å². The van der Waals surface area contributed by atoms with Gasteiger partial charge in [-0.1, -0.05) is 17.9 Å². The third kappa shape index (κ3) is 4.82. The smallest absolute Gasteiger partial charge is 0.138 e. The average Bonchev–Trinajstić information content (AvgIpc) is 2.48. The van der Waals surface area contributed by atoms with Gasteiger partial charge in [0, 0.05) is 20.2 Å². The van der Waals surface area contributed by atoms with Crippen LogP contribution >= 0.6 is 0 Å². The minimum Gasteiger partial charge on any atom is -0.384 e. The Labute approximate surface area is 126 Å². The van der Waals surface area contributed by atoms with Gasteiger partial charge in [-0.05, 0) is 43.0 Å². The Kier molecular flexibility index (Phi) is 6.19. The van der Waals surface area contributed by atoms with E-state index in [0.717, 1.165) is 31.8 Å². The van der Waals surface area contributed by atoms with E-state index < -0.39 is 0 Å². The van der Waals surface area contributed by atoms with Crippen molar-refractivity contribution in [1.29, 1.82) is 0 Å². The van der Waals surface area contributed by atoms with Gasteiger partial charge in [0.05, 0.1) is 18.7 Å². The van der Waals surface area contributed by atoms with Crippen LogP contribution < -0.4 is 5.73 Å². The van der Waals surface area contributed by atoms with Crippen molar-refractivity contribution in [2.45, 2.75) is 19.4 Å². The fourth-order valence-corrected chi connectivity index (χ4v) is 2.84.